The number of hydrogen-bond donors (Lipinski definition) is 3. The lowest BCUT2D eigenvalue weighted by Crippen LogP contribution is -2.55. The first-order valence-electron chi connectivity index (χ1n) is 10.5. The number of hydrogen-bond acceptors (Lipinski definition) is 5. The van der Waals surface area contributed by atoms with E-state index in [4.69, 9.17) is 4.74 Å². The van der Waals surface area contributed by atoms with Gasteiger partial charge in [0, 0.05) is 30.8 Å². The predicted octanol–water partition coefficient (Wildman–Crippen LogP) is 1.44. The summed E-state index contributed by atoms with van der Waals surface area (Å²) in [7, 11) is 0. The fourth-order valence-corrected chi connectivity index (χ4v) is 4.44. The van der Waals surface area contributed by atoms with Crippen molar-refractivity contribution in [1.82, 2.24) is 15.5 Å². The van der Waals surface area contributed by atoms with Crippen molar-refractivity contribution < 1.29 is 23.9 Å². The third-order valence-electron chi connectivity index (χ3n) is 6.24. The molecular formula is C23H22N4O5. The highest BCUT2D eigenvalue weighted by Gasteiger charge is 2.48. The molecule has 164 valence electrons. The summed E-state index contributed by atoms with van der Waals surface area (Å²) in [4.78, 5) is 50.9. The number of fused-ring (bicyclic) bond motifs is 1. The topological polar surface area (TPSA) is 117 Å². The molecule has 0 aliphatic carbocycles. The van der Waals surface area contributed by atoms with Crippen LogP contribution in [0.1, 0.15) is 28.8 Å². The maximum atomic E-state index is 13.0. The number of ether oxygens (including phenoxy) is 1. The van der Waals surface area contributed by atoms with Gasteiger partial charge in [0.25, 0.3) is 17.7 Å². The zero-order valence-corrected chi connectivity index (χ0v) is 17.2. The van der Waals surface area contributed by atoms with Crippen molar-refractivity contribution in [3.8, 4) is 5.75 Å². The molecule has 3 heterocycles. The van der Waals surface area contributed by atoms with E-state index in [9.17, 15) is 19.2 Å². The van der Waals surface area contributed by atoms with E-state index in [2.05, 4.69) is 16.0 Å². The molecule has 2 aromatic carbocycles. The number of rotatable bonds is 3. The Labute approximate surface area is 184 Å². The number of urea groups is 1. The third kappa shape index (κ3) is 3.55. The molecule has 5 amide bonds. The van der Waals surface area contributed by atoms with Crippen molar-refractivity contribution in [2.45, 2.75) is 30.9 Å². The Bertz CT molecular complexity index is 1100. The summed E-state index contributed by atoms with van der Waals surface area (Å²) in [5.41, 5.74) is 1.01. The Morgan fingerprint density at radius 2 is 1.84 bits per heavy atom. The Morgan fingerprint density at radius 1 is 1.06 bits per heavy atom. The molecule has 2 aromatic rings. The van der Waals surface area contributed by atoms with Gasteiger partial charge in [0.2, 0.25) is 0 Å². The number of carbonyl (C=O) groups excluding carboxylic acids is 4. The first-order chi connectivity index (χ1) is 15.4. The van der Waals surface area contributed by atoms with Crippen molar-refractivity contribution >= 4 is 29.4 Å². The van der Waals surface area contributed by atoms with Gasteiger partial charge in [0.1, 0.15) is 11.3 Å². The van der Waals surface area contributed by atoms with E-state index in [0.29, 0.717) is 49.4 Å². The van der Waals surface area contributed by atoms with Crippen LogP contribution >= 0.6 is 0 Å². The number of imide groups is 1. The number of likely N-dealkylation sites (tertiary alicyclic amines) is 1. The van der Waals surface area contributed by atoms with E-state index in [1.165, 1.54) is 0 Å². The van der Waals surface area contributed by atoms with Gasteiger partial charge in [0.05, 0.1) is 0 Å². The summed E-state index contributed by atoms with van der Waals surface area (Å²) in [5, 5.41) is 7.78. The highest BCUT2D eigenvalue weighted by atomic mass is 16.5. The predicted molar refractivity (Wildman–Crippen MR) is 114 cm³/mol. The Balaban J connectivity index is 1.22. The number of nitrogens with one attached hydrogen (secondary N) is 3. The van der Waals surface area contributed by atoms with Crippen molar-refractivity contribution in [2.75, 3.05) is 18.4 Å². The molecule has 2 saturated heterocycles. The van der Waals surface area contributed by atoms with Crippen molar-refractivity contribution in [2.24, 2.45) is 0 Å². The molecule has 9 nitrogen and oxygen atoms in total. The maximum absolute atomic E-state index is 13.0. The van der Waals surface area contributed by atoms with Gasteiger partial charge >= 0.3 is 6.03 Å². The molecule has 3 aliphatic heterocycles. The van der Waals surface area contributed by atoms with Crippen LogP contribution in [0.3, 0.4) is 0 Å². The van der Waals surface area contributed by atoms with Crippen LogP contribution in [0.2, 0.25) is 0 Å². The van der Waals surface area contributed by atoms with E-state index < -0.39 is 17.7 Å². The number of carbonyl (C=O) groups is 4. The van der Waals surface area contributed by atoms with Gasteiger partial charge in [0.15, 0.2) is 6.10 Å². The van der Waals surface area contributed by atoms with Gasteiger partial charge in [-0.2, -0.15) is 0 Å². The van der Waals surface area contributed by atoms with Crippen molar-refractivity contribution in [3.05, 3.63) is 59.7 Å². The molecule has 1 unspecified atom stereocenters. The fraction of sp³-hybridized carbons (Fsp3) is 0.304. The van der Waals surface area contributed by atoms with Gasteiger partial charge < -0.3 is 20.3 Å². The molecular weight excluding hydrogens is 412 g/mol. The Kier molecular flexibility index (Phi) is 4.80. The second-order valence-corrected chi connectivity index (χ2v) is 8.27. The third-order valence-corrected chi connectivity index (χ3v) is 6.24. The van der Waals surface area contributed by atoms with Crippen molar-refractivity contribution in [3.63, 3.8) is 0 Å². The minimum Gasteiger partial charge on any atom is -0.480 e. The summed E-state index contributed by atoms with van der Waals surface area (Å²) >= 11 is 0. The SMILES string of the molecule is O=C1NC(=O)C2(CCN(C(=O)c3cccc(NC(=O)C4Cc5ccccc5O4)c3)CC2)N1. The first-order valence-corrected chi connectivity index (χ1v) is 10.5. The summed E-state index contributed by atoms with van der Waals surface area (Å²) in [6, 6.07) is 13.8. The molecule has 0 bridgehead atoms. The molecule has 1 atom stereocenters. The van der Waals surface area contributed by atoms with E-state index in [0.717, 1.165) is 5.56 Å². The molecule has 3 aliphatic rings. The van der Waals surface area contributed by atoms with Crippen LogP contribution in [0, 0.1) is 0 Å². The number of para-hydroxylation sites is 1. The summed E-state index contributed by atoms with van der Waals surface area (Å²) in [6.45, 7) is 0.689. The van der Waals surface area contributed by atoms with Crippen LogP contribution in [0.4, 0.5) is 10.5 Å². The van der Waals surface area contributed by atoms with Crippen molar-refractivity contribution in [1.29, 1.82) is 0 Å². The van der Waals surface area contributed by atoms with Crippen LogP contribution in [0.25, 0.3) is 0 Å². The molecule has 0 aromatic heterocycles. The average molecular weight is 434 g/mol. The van der Waals surface area contributed by atoms with Gasteiger partial charge in [-0.25, -0.2) is 4.79 Å². The van der Waals surface area contributed by atoms with Crippen LogP contribution in [-0.4, -0.2) is 53.4 Å². The van der Waals surface area contributed by atoms with Gasteiger partial charge in [-0.3, -0.25) is 19.7 Å². The summed E-state index contributed by atoms with van der Waals surface area (Å²) in [5.74, 6) is -0.0823. The molecule has 32 heavy (non-hydrogen) atoms. The highest BCUT2D eigenvalue weighted by molar-refractivity contribution is 6.07. The Hall–Kier alpha value is -3.88. The molecule has 1 spiro atoms. The second-order valence-electron chi connectivity index (χ2n) is 8.27. The van der Waals surface area contributed by atoms with Gasteiger partial charge in [-0.15, -0.1) is 0 Å². The minimum atomic E-state index is -0.928. The smallest absolute Gasteiger partial charge is 0.322 e. The number of anilines is 1. The van der Waals surface area contributed by atoms with Crippen LogP contribution in [-0.2, 0) is 16.0 Å². The minimum absolute atomic E-state index is 0.190. The van der Waals surface area contributed by atoms with Crippen LogP contribution < -0.4 is 20.7 Å². The van der Waals surface area contributed by atoms with E-state index in [1.54, 1.807) is 29.2 Å². The van der Waals surface area contributed by atoms with E-state index in [-0.39, 0.29) is 17.7 Å². The molecule has 5 rings (SSSR count). The van der Waals surface area contributed by atoms with Gasteiger partial charge in [-0.05, 0) is 42.7 Å². The molecule has 3 N–H and O–H groups in total. The number of piperidine rings is 1. The Morgan fingerprint density at radius 3 is 2.56 bits per heavy atom. The summed E-state index contributed by atoms with van der Waals surface area (Å²) < 4.78 is 5.73. The highest BCUT2D eigenvalue weighted by Crippen LogP contribution is 2.29. The first kappa shape index (κ1) is 20.0. The average Bonchev–Trinajstić information content (AvgIpc) is 3.34. The zero-order chi connectivity index (χ0) is 22.3. The van der Waals surface area contributed by atoms with Crippen LogP contribution in [0.5, 0.6) is 5.75 Å². The number of amides is 5. The standard InChI is InChI=1S/C23H22N4O5/c28-19(18-13-14-4-1-2-7-17(14)32-18)24-16-6-3-5-15(12-16)20(29)27-10-8-23(9-11-27)21(30)25-22(31)26-23/h1-7,12,18H,8-11,13H2,(H,24,28)(H2,25,26,30,31). The second kappa shape index (κ2) is 7.67. The van der Waals surface area contributed by atoms with Gasteiger partial charge in [-0.1, -0.05) is 24.3 Å². The molecule has 0 saturated carbocycles. The van der Waals surface area contributed by atoms with E-state index in [1.807, 2.05) is 24.3 Å². The number of benzene rings is 2. The monoisotopic (exact) mass is 434 g/mol. The zero-order valence-electron chi connectivity index (χ0n) is 17.2. The molecule has 9 heteroatoms. The quantitative estimate of drug-likeness (QED) is 0.632. The molecule has 0 radical (unpaired) electrons. The largest absolute Gasteiger partial charge is 0.480 e. The fourth-order valence-electron chi connectivity index (χ4n) is 4.44. The lowest BCUT2D eigenvalue weighted by Gasteiger charge is -2.37. The molecule has 2 fully saturated rings. The normalized spacial score (nSPS) is 20.9. The number of nitrogens with zero attached hydrogens (tertiary/aromatic N) is 1. The lowest BCUT2D eigenvalue weighted by molar-refractivity contribution is -0.125. The lowest BCUT2D eigenvalue weighted by atomic mass is 9.87. The van der Waals surface area contributed by atoms with Crippen LogP contribution in [0.15, 0.2) is 48.5 Å². The maximum Gasteiger partial charge on any atom is 0.322 e. The van der Waals surface area contributed by atoms with E-state index >= 15 is 0 Å². The summed E-state index contributed by atoms with van der Waals surface area (Å²) in [6.07, 6.45) is 0.594.